The fourth-order valence-corrected chi connectivity index (χ4v) is 2.45. The van der Waals surface area contributed by atoms with Crippen LogP contribution >= 0.6 is 0 Å². The summed E-state index contributed by atoms with van der Waals surface area (Å²) in [6, 6.07) is 5.70. The number of carbonyl (C=O) groups excluding carboxylic acids is 1. The van der Waals surface area contributed by atoms with Gasteiger partial charge in [0.2, 0.25) is 5.91 Å². The summed E-state index contributed by atoms with van der Waals surface area (Å²) in [5, 5.41) is 2.96. The molecule has 0 saturated carbocycles. The van der Waals surface area contributed by atoms with E-state index in [1.165, 1.54) is 0 Å². The van der Waals surface area contributed by atoms with Gasteiger partial charge in [-0.3, -0.25) is 9.78 Å². The summed E-state index contributed by atoms with van der Waals surface area (Å²) in [5.74, 6) is 0.141. The molecule has 0 radical (unpaired) electrons. The number of rotatable bonds is 3. The van der Waals surface area contributed by atoms with Crippen LogP contribution in [0.15, 0.2) is 30.7 Å². The maximum absolute atomic E-state index is 12.1. The van der Waals surface area contributed by atoms with E-state index in [1.54, 1.807) is 12.5 Å². The van der Waals surface area contributed by atoms with Crippen molar-refractivity contribution < 1.29 is 4.79 Å². The van der Waals surface area contributed by atoms with Crippen LogP contribution in [-0.4, -0.2) is 20.9 Å². The summed E-state index contributed by atoms with van der Waals surface area (Å²) in [4.78, 5) is 23.7. The second-order valence-electron chi connectivity index (χ2n) is 4.81. The molecular formula is C14H16N4O. The van der Waals surface area contributed by atoms with Crippen LogP contribution < -0.4 is 5.32 Å². The molecule has 2 aromatic heterocycles. The van der Waals surface area contributed by atoms with Gasteiger partial charge < -0.3 is 10.3 Å². The SMILES string of the molecule is O=C(NCc1ccccn1)[C@@H]1CCc2nc[nH]c2C1. The zero-order chi connectivity index (χ0) is 13.1. The monoisotopic (exact) mass is 256 g/mol. The van der Waals surface area contributed by atoms with Crippen LogP contribution in [0, 0.1) is 5.92 Å². The van der Waals surface area contributed by atoms with E-state index in [9.17, 15) is 4.79 Å². The van der Waals surface area contributed by atoms with Gasteiger partial charge in [0.05, 0.1) is 24.3 Å². The number of hydrogen-bond acceptors (Lipinski definition) is 3. The zero-order valence-corrected chi connectivity index (χ0v) is 10.6. The Balaban J connectivity index is 1.57. The highest BCUT2D eigenvalue weighted by Gasteiger charge is 2.25. The van der Waals surface area contributed by atoms with E-state index < -0.39 is 0 Å². The highest BCUT2D eigenvalue weighted by Crippen LogP contribution is 2.22. The predicted molar refractivity (Wildman–Crippen MR) is 70.2 cm³/mol. The van der Waals surface area contributed by atoms with E-state index in [0.29, 0.717) is 6.54 Å². The molecule has 1 amide bonds. The van der Waals surface area contributed by atoms with Crippen molar-refractivity contribution in [1.82, 2.24) is 20.3 Å². The smallest absolute Gasteiger partial charge is 0.223 e. The summed E-state index contributed by atoms with van der Waals surface area (Å²) in [6.45, 7) is 0.492. The van der Waals surface area contributed by atoms with Gasteiger partial charge in [-0.1, -0.05) is 6.07 Å². The average Bonchev–Trinajstić information content (AvgIpc) is 2.93. The molecule has 0 aromatic carbocycles. The van der Waals surface area contributed by atoms with Crippen molar-refractivity contribution >= 4 is 5.91 Å². The third-order valence-electron chi connectivity index (χ3n) is 3.53. The van der Waals surface area contributed by atoms with Crippen LogP contribution in [0.25, 0.3) is 0 Å². The number of nitrogens with one attached hydrogen (secondary N) is 2. The topological polar surface area (TPSA) is 70.7 Å². The van der Waals surface area contributed by atoms with Gasteiger partial charge in [0.1, 0.15) is 0 Å². The molecule has 98 valence electrons. The number of hydrogen-bond donors (Lipinski definition) is 2. The molecule has 0 unspecified atom stereocenters. The van der Waals surface area contributed by atoms with E-state index in [0.717, 1.165) is 36.3 Å². The van der Waals surface area contributed by atoms with Crippen LogP contribution in [0.1, 0.15) is 23.5 Å². The van der Waals surface area contributed by atoms with E-state index in [1.807, 2.05) is 18.2 Å². The maximum atomic E-state index is 12.1. The normalized spacial score (nSPS) is 17.8. The third kappa shape index (κ3) is 2.65. The second kappa shape index (κ2) is 5.22. The lowest BCUT2D eigenvalue weighted by Gasteiger charge is -2.20. The van der Waals surface area contributed by atoms with Crippen molar-refractivity contribution in [2.45, 2.75) is 25.8 Å². The first-order chi connectivity index (χ1) is 9.33. The molecule has 3 rings (SSSR count). The van der Waals surface area contributed by atoms with Gasteiger partial charge in [-0.05, 0) is 25.0 Å². The minimum Gasteiger partial charge on any atom is -0.350 e. The molecule has 1 aliphatic rings. The Kier molecular flexibility index (Phi) is 3.27. The molecule has 5 heteroatoms. The van der Waals surface area contributed by atoms with Gasteiger partial charge in [0.25, 0.3) is 0 Å². The second-order valence-corrected chi connectivity index (χ2v) is 4.81. The lowest BCUT2D eigenvalue weighted by molar-refractivity contribution is -0.125. The van der Waals surface area contributed by atoms with Crippen molar-refractivity contribution in [3.8, 4) is 0 Å². The highest BCUT2D eigenvalue weighted by molar-refractivity contribution is 5.79. The number of aryl methyl sites for hydroxylation is 1. The first kappa shape index (κ1) is 11.9. The molecule has 5 nitrogen and oxygen atoms in total. The molecular weight excluding hydrogens is 240 g/mol. The van der Waals surface area contributed by atoms with E-state index in [4.69, 9.17) is 0 Å². The molecule has 2 N–H and O–H groups in total. The van der Waals surface area contributed by atoms with Crippen molar-refractivity contribution in [2.24, 2.45) is 5.92 Å². The van der Waals surface area contributed by atoms with E-state index >= 15 is 0 Å². The predicted octanol–water partition coefficient (Wildman–Crippen LogP) is 1.23. The molecule has 2 heterocycles. The fourth-order valence-electron chi connectivity index (χ4n) is 2.45. The fraction of sp³-hybridized carbons (Fsp3) is 0.357. The minimum atomic E-state index is 0.0386. The van der Waals surface area contributed by atoms with Gasteiger partial charge in [-0.25, -0.2) is 4.98 Å². The summed E-state index contributed by atoms with van der Waals surface area (Å²) < 4.78 is 0. The van der Waals surface area contributed by atoms with Crippen LogP contribution in [0.3, 0.4) is 0 Å². The number of aromatic amines is 1. The van der Waals surface area contributed by atoms with Gasteiger partial charge in [0, 0.05) is 24.2 Å². The number of pyridine rings is 1. The first-order valence-corrected chi connectivity index (χ1v) is 6.51. The summed E-state index contributed by atoms with van der Waals surface area (Å²) in [7, 11) is 0. The van der Waals surface area contributed by atoms with E-state index in [-0.39, 0.29) is 11.8 Å². The van der Waals surface area contributed by atoms with Gasteiger partial charge >= 0.3 is 0 Å². The Hall–Kier alpha value is -2.17. The van der Waals surface area contributed by atoms with Crippen molar-refractivity contribution in [3.05, 3.63) is 47.8 Å². The lowest BCUT2D eigenvalue weighted by atomic mass is 9.89. The standard InChI is InChI=1S/C14H16N4O/c19-14(16-8-11-3-1-2-6-15-11)10-4-5-12-13(7-10)18-9-17-12/h1-3,6,9-10H,4-5,7-8H2,(H,16,19)(H,17,18)/t10-/m1/s1. The van der Waals surface area contributed by atoms with Crippen molar-refractivity contribution in [1.29, 1.82) is 0 Å². The number of H-pyrrole nitrogens is 1. The third-order valence-corrected chi connectivity index (χ3v) is 3.53. The molecule has 19 heavy (non-hydrogen) atoms. The Morgan fingerprint density at radius 2 is 2.37 bits per heavy atom. The zero-order valence-electron chi connectivity index (χ0n) is 10.6. The molecule has 0 bridgehead atoms. The molecule has 0 spiro atoms. The van der Waals surface area contributed by atoms with Crippen molar-refractivity contribution in [3.63, 3.8) is 0 Å². The Bertz CT molecular complexity index is 564. The number of fused-ring (bicyclic) bond motifs is 1. The van der Waals surface area contributed by atoms with Crippen molar-refractivity contribution in [2.75, 3.05) is 0 Å². The molecule has 1 aliphatic carbocycles. The number of imidazole rings is 1. The summed E-state index contributed by atoms with van der Waals surface area (Å²) >= 11 is 0. The molecule has 0 saturated heterocycles. The number of aromatic nitrogens is 3. The van der Waals surface area contributed by atoms with Crippen LogP contribution in [0.2, 0.25) is 0 Å². The molecule has 0 aliphatic heterocycles. The Morgan fingerprint density at radius 3 is 3.21 bits per heavy atom. The molecule has 0 fully saturated rings. The number of amides is 1. The average molecular weight is 256 g/mol. The Morgan fingerprint density at radius 1 is 1.42 bits per heavy atom. The summed E-state index contributed by atoms with van der Waals surface area (Å²) in [5.41, 5.74) is 3.09. The number of nitrogens with zero attached hydrogens (tertiary/aromatic N) is 2. The Labute approximate surface area is 111 Å². The molecule has 2 aromatic rings. The minimum absolute atomic E-state index is 0.0386. The number of carbonyl (C=O) groups is 1. The van der Waals surface area contributed by atoms with Crippen LogP contribution in [0.5, 0.6) is 0 Å². The highest BCUT2D eigenvalue weighted by atomic mass is 16.1. The molecule has 1 atom stereocenters. The van der Waals surface area contributed by atoms with Crippen LogP contribution in [-0.2, 0) is 24.2 Å². The lowest BCUT2D eigenvalue weighted by Crippen LogP contribution is -2.33. The van der Waals surface area contributed by atoms with Crippen LogP contribution in [0.4, 0.5) is 0 Å². The largest absolute Gasteiger partial charge is 0.350 e. The maximum Gasteiger partial charge on any atom is 0.223 e. The van der Waals surface area contributed by atoms with Gasteiger partial charge in [-0.2, -0.15) is 0 Å². The van der Waals surface area contributed by atoms with Gasteiger partial charge in [0.15, 0.2) is 0 Å². The van der Waals surface area contributed by atoms with E-state index in [2.05, 4.69) is 20.3 Å². The summed E-state index contributed by atoms with van der Waals surface area (Å²) in [6.07, 6.45) is 5.94. The quantitative estimate of drug-likeness (QED) is 0.867. The first-order valence-electron chi connectivity index (χ1n) is 6.51. The van der Waals surface area contributed by atoms with Gasteiger partial charge in [-0.15, -0.1) is 0 Å².